The predicted molar refractivity (Wildman–Crippen MR) is 73.3 cm³/mol. The van der Waals surface area contributed by atoms with E-state index in [1.165, 1.54) is 6.07 Å². The third kappa shape index (κ3) is 2.86. The van der Waals surface area contributed by atoms with Gasteiger partial charge >= 0.3 is 0 Å². The molecule has 2 atom stereocenters. The zero-order valence-corrected chi connectivity index (χ0v) is 11.5. The molecule has 1 saturated heterocycles. The van der Waals surface area contributed by atoms with E-state index in [9.17, 15) is 10.1 Å². The highest BCUT2D eigenvalue weighted by Gasteiger charge is 2.24. The lowest BCUT2D eigenvalue weighted by Gasteiger charge is -2.18. The summed E-state index contributed by atoms with van der Waals surface area (Å²) in [6, 6.07) is 5.13. The van der Waals surface area contributed by atoms with Crippen LogP contribution in [-0.2, 0) is 4.74 Å². The third-order valence-electron chi connectivity index (χ3n) is 2.88. The molecule has 0 radical (unpaired) electrons. The van der Waals surface area contributed by atoms with Crippen LogP contribution in [0.5, 0.6) is 0 Å². The molecule has 0 bridgehead atoms. The first-order chi connectivity index (χ1) is 8.08. The number of nitrogens with zero attached hydrogens (tertiary/aromatic N) is 1. The van der Waals surface area contributed by atoms with Gasteiger partial charge in [-0.15, -0.1) is 0 Å². The van der Waals surface area contributed by atoms with Gasteiger partial charge in [-0.1, -0.05) is 0 Å². The number of nitro groups is 1. The van der Waals surface area contributed by atoms with Gasteiger partial charge in [-0.05, 0) is 42.0 Å². The predicted octanol–water partition coefficient (Wildman–Crippen LogP) is 2.79. The molecule has 2 unspecified atom stereocenters. The van der Waals surface area contributed by atoms with Crippen LogP contribution in [-0.4, -0.2) is 23.7 Å². The Hall–Kier alpha value is -0.890. The molecule has 1 N–H and O–H groups in total. The number of anilines is 1. The summed E-state index contributed by atoms with van der Waals surface area (Å²) in [4.78, 5) is 10.2. The Bertz CT molecular complexity index is 439. The van der Waals surface area contributed by atoms with Gasteiger partial charge in [0.05, 0.1) is 17.1 Å². The SMILES string of the molecule is CC1OCCC1Nc1ccc([N+](=O)[O-])cc1I. The van der Waals surface area contributed by atoms with E-state index in [4.69, 9.17) is 4.74 Å². The van der Waals surface area contributed by atoms with Crippen molar-refractivity contribution in [1.29, 1.82) is 0 Å². The lowest BCUT2D eigenvalue weighted by Crippen LogP contribution is -2.27. The van der Waals surface area contributed by atoms with E-state index < -0.39 is 0 Å². The normalized spacial score (nSPS) is 23.6. The van der Waals surface area contributed by atoms with E-state index in [2.05, 4.69) is 27.9 Å². The van der Waals surface area contributed by atoms with Crippen LogP contribution < -0.4 is 5.32 Å². The standard InChI is InChI=1S/C11H13IN2O3/c1-7-10(4-5-17-7)13-11-3-2-8(14(15)16)6-9(11)12/h2-3,6-7,10,13H,4-5H2,1H3. The van der Waals surface area contributed by atoms with Crippen molar-refractivity contribution in [3.05, 3.63) is 31.9 Å². The van der Waals surface area contributed by atoms with Crippen molar-refractivity contribution in [2.24, 2.45) is 0 Å². The Labute approximate surface area is 113 Å². The summed E-state index contributed by atoms with van der Waals surface area (Å²) in [7, 11) is 0. The van der Waals surface area contributed by atoms with Gasteiger partial charge < -0.3 is 10.1 Å². The fraction of sp³-hybridized carbons (Fsp3) is 0.455. The van der Waals surface area contributed by atoms with Crippen LogP contribution in [0.3, 0.4) is 0 Å². The molecular weight excluding hydrogens is 335 g/mol. The summed E-state index contributed by atoms with van der Waals surface area (Å²) in [5.74, 6) is 0. The smallest absolute Gasteiger partial charge is 0.270 e. The zero-order chi connectivity index (χ0) is 12.4. The van der Waals surface area contributed by atoms with Crippen LogP contribution in [0.25, 0.3) is 0 Å². The molecule has 1 aliphatic heterocycles. The van der Waals surface area contributed by atoms with Gasteiger partial charge in [0.1, 0.15) is 0 Å². The molecule has 0 aromatic heterocycles. The molecular formula is C11H13IN2O3. The molecule has 6 heteroatoms. The number of non-ortho nitro benzene ring substituents is 1. The summed E-state index contributed by atoms with van der Waals surface area (Å²) < 4.78 is 6.32. The van der Waals surface area contributed by atoms with Crippen molar-refractivity contribution in [2.75, 3.05) is 11.9 Å². The zero-order valence-electron chi connectivity index (χ0n) is 9.35. The Morgan fingerprint density at radius 2 is 2.35 bits per heavy atom. The monoisotopic (exact) mass is 348 g/mol. The van der Waals surface area contributed by atoms with E-state index in [0.29, 0.717) is 0 Å². The van der Waals surface area contributed by atoms with Gasteiger partial charge in [-0.25, -0.2) is 0 Å². The summed E-state index contributed by atoms with van der Waals surface area (Å²) >= 11 is 2.11. The molecule has 0 saturated carbocycles. The second kappa shape index (κ2) is 5.18. The fourth-order valence-electron chi connectivity index (χ4n) is 1.86. The average molecular weight is 348 g/mol. The van der Waals surface area contributed by atoms with Crippen LogP contribution in [0.4, 0.5) is 11.4 Å². The summed E-state index contributed by atoms with van der Waals surface area (Å²) in [6.45, 7) is 2.80. The summed E-state index contributed by atoms with van der Waals surface area (Å²) in [5, 5.41) is 14.0. The largest absolute Gasteiger partial charge is 0.379 e. The van der Waals surface area contributed by atoms with Gasteiger partial charge in [0, 0.05) is 28.0 Å². The van der Waals surface area contributed by atoms with Crippen molar-refractivity contribution in [2.45, 2.75) is 25.5 Å². The highest BCUT2D eigenvalue weighted by molar-refractivity contribution is 14.1. The molecule has 17 heavy (non-hydrogen) atoms. The molecule has 1 heterocycles. The number of halogens is 1. The molecule has 0 amide bonds. The molecule has 1 aromatic carbocycles. The van der Waals surface area contributed by atoms with E-state index in [-0.39, 0.29) is 22.8 Å². The number of benzene rings is 1. The molecule has 1 fully saturated rings. The number of hydrogen-bond donors (Lipinski definition) is 1. The highest BCUT2D eigenvalue weighted by Crippen LogP contribution is 2.26. The van der Waals surface area contributed by atoms with Crippen LogP contribution in [0, 0.1) is 13.7 Å². The molecule has 5 nitrogen and oxygen atoms in total. The Morgan fingerprint density at radius 3 is 2.88 bits per heavy atom. The lowest BCUT2D eigenvalue weighted by atomic mass is 10.1. The third-order valence-corrected chi connectivity index (χ3v) is 3.77. The molecule has 0 aliphatic carbocycles. The maximum atomic E-state index is 10.6. The minimum Gasteiger partial charge on any atom is -0.379 e. The minimum absolute atomic E-state index is 0.121. The van der Waals surface area contributed by atoms with Gasteiger partial charge in [-0.2, -0.15) is 0 Å². The lowest BCUT2D eigenvalue weighted by molar-refractivity contribution is -0.384. The fourth-order valence-corrected chi connectivity index (χ4v) is 2.51. The van der Waals surface area contributed by atoms with Crippen molar-refractivity contribution in [3.8, 4) is 0 Å². The topological polar surface area (TPSA) is 64.4 Å². The number of hydrogen-bond acceptors (Lipinski definition) is 4. The molecule has 92 valence electrons. The molecule has 1 aliphatic rings. The average Bonchev–Trinajstić information content (AvgIpc) is 2.67. The van der Waals surface area contributed by atoms with E-state index in [1.54, 1.807) is 12.1 Å². The first kappa shape index (κ1) is 12.6. The first-order valence-electron chi connectivity index (χ1n) is 5.40. The van der Waals surface area contributed by atoms with E-state index in [1.807, 2.05) is 6.92 Å². The van der Waals surface area contributed by atoms with E-state index >= 15 is 0 Å². The molecule has 0 spiro atoms. The number of ether oxygens (including phenoxy) is 1. The van der Waals surface area contributed by atoms with Crippen LogP contribution >= 0.6 is 22.6 Å². The number of nitro benzene ring substituents is 1. The quantitative estimate of drug-likeness (QED) is 0.518. The highest BCUT2D eigenvalue weighted by atomic mass is 127. The van der Waals surface area contributed by atoms with Crippen LogP contribution in [0.2, 0.25) is 0 Å². The van der Waals surface area contributed by atoms with Crippen molar-refractivity contribution < 1.29 is 9.66 Å². The second-order valence-electron chi connectivity index (χ2n) is 4.04. The molecule has 1 aromatic rings. The van der Waals surface area contributed by atoms with Gasteiger partial charge in [-0.3, -0.25) is 10.1 Å². The van der Waals surface area contributed by atoms with Gasteiger partial charge in [0.15, 0.2) is 0 Å². The van der Waals surface area contributed by atoms with Crippen LogP contribution in [0.15, 0.2) is 18.2 Å². The van der Waals surface area contributed by atoms with E-state index in [0.717, 1.165) is 22.3 Å². The number of rotatable bonds is 3. The van der Waals surface area contributed by atoms with Gasteiger partial charge in [0.25, 0.3) is 5.69 Å². The van der Waals surface area contributed by atoms with Crippen molar-refractivity contribution in [1.82, 2.24) is 0 Å². The maximum Gasteiger partial charge on any atom is 0.270 e. The van der Waals surface area contributed by atoms with Crippen molar-refractivity contribution in [3.63, 3.8) is 0 Å². The molecule has 2 rings (SSSR count). The van der Waals surface area contributed by atoms with Crippen LogP contribution in [0.1, 0.15) is 13.3 Å². The minimum atomic E-state index is -0.382. The van der Waals surface area contributed by atoms with Gasteiger partial charge in [0.2, 0.25) is 0 Å². The Balaban J connectivity index is 2.14. The Kier molecular flexibility index (Phi) is 3.82. The summed E-state index contributed by atoms with van der Waals surface area (Å²) in [6.07, 6.45) is 1.15. The Morgan fingerprint density at radius 1 is 1.59 bits per heavy atom. The summed E-state index contributed by atoms with van der Waals surface area (Å²) in [5.41, 5.74) is 1.05. The maximum absolute atomic E-state index is 10.6. The first-order valence-corrected chi connectivity index (χ1v) is 6.48. The van der Waals surface area contributed by atoms with Crippen molar-refractivity contribution >= 4 is 34.0 Å². The second-order valence-corrected chi connectivity index (χ2v) is 5.20. The number of nitrogens with one attached hydrogen (secondary N) is 1.